The molecule has 2 atom stereocenters. The normalized spacial score (nSPS) is 29.8. The van der Waals surface area contributed by atoms with Crippen LogP contribution in [-0.4, -0.2) is 22.2 Å². The molecule has 14 heavy (non-hydrogen) atoms. The molecule has 0 bridgehead atoms. The summed E-state index contributed by atoms with van der Waals surface area (Å²) in [5.74, 6) is -2.45. The zero-order valence-corrected chi connectivity index (χ0v) is 8.44. The molecule has 0 amide bonds. The first-order valence-corrected chi connectivity index (χ1v) is 4.43. The van der Waals surface area contributed by atoms with Crippen molar-refractivity contribution < 1.29 is 19.8 Å². The SMILES string of the molecule is C/C(=C/[C@@H]1[C@H](C(=O)O)C1(C)C)C(=O)O. The zero-order valence-electron chi connectivity index (χ0n) is 8.44. The lowest BCUT2D eigenvalue weighted by molar-refractivity contribution is -0.139. The van der Waals surface area contributed by atoms with Crippen LogP contribution in [0.25, 0.3) is 0 Å². The van der Waals surface area contributed by atoms with E-state index in [0.29, 0.717) is 0 Å². The van der Waals surface area contributed by atoms with E-state index in [-0.39, 0.29) is 16.9 Å². The molecule has 1 saturated carbocycles. The van der Waals surface area contributed by atoms with Crippen molar-refractivity contribution in [3.8, 4) is 0 Å². The highest BCUT2D eigenvalue weighted by Gasteiger charge is 2.60. The molecule has 1 rings (SSSR count). The zero-order chi connectivity index (χ0) is 11.1. The second kappa shape index (κ2) is 3.12. The molecule has 4 heteroatoms. The molecule has 0 aromatic rings. The summed E-state index contributed by atoms with van der Waals surface area (Å²) < 4.78 is 0. The second-order valence-corrected chi connectivity index (χ2v) is 4.32. The number of aliphatic carboxylic acids is 2. The summed E-state index contributed by atoms with van der Waals surface area (Å²) in [7, 11) is 0. The molecule has 2 N–H and O–H groups in total. The van der Waals surface area contributed by atoms with Gasteiger partial charge in [-0.05, 0) is 18.3 Å². The molecule has 1 aliphatic carbocycles. The Balaban J connectivity index is 2.80. The molecule has 0 unspecified atom stereocenters. The fourth-order valence-electron chi connectivity index (χ4n) is 1.80. The Morgan fingerprint density at radius 1 is 1.29 bits per heavy atom. The topological polar surface area (TPSA) is 74.6 Å². The quantitative estimate of drug-likeness (QED) is 0.672. The first-order chi connectivity index (χ1) is 6.28. The van der Waals surface area contributed by atoms with Gasteiger partial charge in [0, 0.05) is 5.57 Å². The predicted octanol–water partition coefficient (Wildman–Crippen LogP) is 1.37. The summed E-state index contributed by atoms with van der Waals surface area (Å²) >= 11 is 0. The summed E-state index contributed by atoms with van der Waals surface area (Å²) in [5.41, 5.74) is -0.102. The third-order valence-corrected chi connectivity index (χ3v) is 2.94. The lowest BCUT2D eigenvalue weighted by Gasteiger charge is -1.97. The third-order valence-electron chi connectivity index (χ3n) is 2.94. The first kappa shape index (κ1) is 10.8. The van der Waals surface area contributed by atoms with Crippen molar-refractivity contribution in [2.45, 2.75) is 20.8 Å². The smallest absolute Gasteiger partial charge is 0.330 e. The molecule has 78 valence electrons. The summed E-state index contributed by atoms with van der Waals surface area (Å²) in [5, 5.41) is 17.5. The van der Waals surface area contributed by atoms with Crippen molar-refractivity contribution >= 4 is 11.9 Å². The van der Waals surface area contributed by atoms with Gasteiger partial charge in [0.1, 0.15) is 0 Å². The van der Waals surface area contributed by atoms with Gasteiger partial charge in [0.25, 0.3) is 0 Å². The first-order valence-electron chi connectivity index (χ1n) is 4.43. The molecule has 1 aliphatic rings. The van der Waals surface area contributed by atoms with Crippen LogP contribution in [0.3, 0.4) is 0 Å². The Kier molecular flexibility index (Phi) is 2.39. The van der Waals surface area contributed by atoms with Crippen molar-refractivity contribution in [1.29, 1.82) is 0 Å². The van der Waals surface area contributed by atoms with E-state index >= 15 is 0 Å². The summed E-state index contributed by atoms with van der Waals surface area (Å²) in [6.07, 6.45) is 1.54. The van der Waals surface area contributed by atoms with Crippen molar-refractivity contribution in [2.75, 3.05) is 0 Å². The minimum Gasteiger partial charge on any atom is -0.481 e. The van der Waals surface area contributed by atoms with Crippen LogP contribution in [0.4, 0.5) is 0 Å². The maximum Gasteiger partial charge on any atom is 0.330 e. The number of carbonyl (C=O) groups is 2. The fraction of sp³-hybridized carbons (Fsp3) is 0.600. The van der Waals surface area contributed by atoms with Crippen LogP contribution in [0.5, 0.6) is 0 Å². The molecule has 0 saturated heterocycles. The van der Waals surface area contributed by atoms with E-state index < -0.39 is 17.9 Å². The molecule has 0 aromatic heterocycles. The standard InChI is InChI=1S/C10H14O4/c1-5(8(11)12)4-6-7(9(13)14)10(6,2)3/h4,6-7H,1-3H3,(H,11,12)(H,13,14)/b5-4-/t6-,7-/m1/s1. The minimum absolute atomic E-state index is 0.156. The Morgan fingerprint density at radius 2 is 1.79 bits per heavy atom. The average Bonchev–Trinajstić information content (AvgIpc) is 2.52. The third kappa shape index (κ3) is 1.64. The monoisotopic (exact) mass is 198 g/mol. The molecule has 4 nitrogen and oxygen atoms in total. The van der Waals surface area contributed by atoms with E-state index in [1.807, 2.05) is 13.8 Å². The van der Waals surface area contributed by atoms with Gasteiger partial charge in [-0.3, -0.25) is 4.79 Å². The maximum atomic E-state index is 10.8. The number of allylic oxidation sites excluding steroid dienone is 1. The van der Waals surface area contributed by atoms with Crippen LogP contribution in [0, 0.1) is 17.3 Å². The number of rotatable bonds is 3. The summed E-state index contributed by atoms with van der Waals surface area (Å²) in [6.45, 7) is 5.15. The predicted molar refractivity (Wildman–Crippen MR) is 49.8 cm³/mol. The van der Waals surface area contributed by atoms with Crippen LogP contribution in [0.1, 0.15) is 20.8 Å². The van der Waals surface area contributed by atoms with Gasteiger partial charge in [0.2, 0.25) is 0 Å². The fourth-order valence-corrected chi connectivity index (χ4v) is 1.80. The molecule has 0 aromatic carbocycles. The average molecular weight is 198 g/mol. The van der Waals surface area contributed by atoms with Crippen LogP contribution >= 0.6 is 0 Å². The highest BCUT2D eigenvalue weighted by atomic mass is 16.4. The molecule has 0 spiro atoms. The lowest BCUT2D eigenvalue weighted by atomic mass is 10.1. The Bertz CT molecular complexity index is 314. The van der Waals surface area contributed by atoms with Gasteiger partial charge < -0.3 is 10.2 Å². The number of carboxylic acid groups (broad SMARTS) is 2. The van der Waals surface area contributed by atoms with Gasteiger partial charge in [-0.2, -0.15) is 0 Å². The van der Waals surface area contributed by atoms with Gasteiger partial charge in [-0.1, -0.05) is 19.9 Å². The summed E-state index contributed by atoms with van der Waals surface area (Å²) in [6, 6.07) is 0. The van der Waals surface area contributed by atoms with Gasteiger partial charge in [0.15, 0.2) is 0 Å². The Hall–Kier alpha value is -1.32. The van der Waals surface area contributed by atoms with Crippen LogP contribution in [0.2, 0.25) is 0 Å². The van der Waals surface area contributed by atoms with Crippen LogP contribution in [0.15, 0.2) is 11.6 Å². The van der Waals surface area contributed by atoms with Crippen molar-refractivity contribution in [3.63, 3.8) is 0 Å². The number of hydrogen-bond acceptors (Lipinski definition) is 2. The number of carboxylic acids is 2. The highest BCUT2D eigenvalue weighted by molar-refractivity contribution is 5.86. The molecular weight excluding hydrogens is 184 g/mol. The Labute approximate surface area is 82.2 Å². The molecule has 0 radical (unpaired) electrons. The van der Waals surface area contributed by atoms with E-state index in [1.54, 1.807) is 6.08 Å². The van der Waals surface area contributed by atoms with Gasteiger partial charge in [0.05, 0.1) is 5.92 Å². The van der Waals surface area contributed by atoms with E-state index in [4.69, 9.17) is 10.2 Å². The van der Waals surface area contributed by atoms with Gasteiger partial charge in [-0.15, -0.1) is 0 Å². The molecular formula is C10H14O4. The second-order valence-electron chi connectivity index (χ2n) is 4.32. The largest absolute Gasteiger partial charge is 0.481 e. The summed E-state index contributed by atoms with van der Waals surface area (Å²) in [4.78, 5) is 21.3. The van der Waals surface area contributed by atoms with Crippen molar-refractivity contribution in [3.05, 3.63) is 11.6 Å². The van der Waals surface area contributed by atoms with Crippen LogP contribution in [-0.2, 0) is 9.59 Å². The Morgan fingerprint density at radius 3 is 2.07 bits per heavy atom. The van der Waals surface area contributed by atoms with Crippen molar-refractivity contribution in [2.24, 2.45) is 17.3 Å². The van der Waals surface area contributed by atoms with Gasteiger partial charge >= 0.3 is 11.9 Å². The number of hydrogen-bond donors (Lipinski definition) is 2. The molecule has 0 aliphatic heterocycles. The lowest BCUT2D eigenvalue weighted by Crippen LogP contribution is -2.03. The minimum atomic E-state index is -0.989. The maximum absolute atomic E-state index is 10.8. The van der Waals surface area contributed by atoms with Crippen LogP contribution < -0.4 is 0 Å². The molecule has 0 heterocycles. The van der Waals surface area contributed by atoms with E-state index in [2.05, 4.69) is 0 Å². The molecule has 1 fully saturated rings. The van der Waals surface area contributed by atoms with Gasteiger partial charge in [-0.25, -0.2) is 4.79 Å². The van der Waals surface area contributed by atoms with E-state index in [1.165, 1.54) is 6.92 Å². The highest BCUT2D eigenvalue weighted by Crippen LogP contribution is 2.59. The van der Waals surface area contributed by atoms with E-state index in [9.17, 15) is 9.59 Å². The van der Waals surface area contributed by atoms with Crippen molar-refractivity contribution in [1.82, 2.24) is 0 Å². The van der Waals surface area contributed by atoms with E-state index in [0.717, 1.165) is 0 Å².